The fraction of sp³-hybridized carbons (Fsp3) is 0.200. The number of fused-ring (bicyclic) bond motifs is 7. The second-order valence-corrected chi connectivity index (χ2v) is 7.48. The quantitative estimate of drug-likeness (QED) is 0.294. The molecule has 1 aliphatic carbocycles. The summed E-state index contributed by atoms with van der Waals surface area (Å²) in [5, 5.41) is 5.61. The molecular formula is C25H22. The zero-order valence-corrected chi connectivity index (χ0v) is 15.3. The smallest absolute Gasteiger partial charge is 0.000753 e. The monoisotopic (exact) mass is 322 g/mol. The number of hydrogen-bond acceptors (Lipinski definition) is 0. The maximum Gasteiger partial charge on any atom is -0.000753 e. The van der Waals surface area contributed by atoms with Crippen molar-refractivity contribution >= 4 is 21.5 Å². The summed E-state index contributed by atoms with van der Waals surface area (Å²) < 4.78 is 0. The Morgan fingerprint density at radius 2 is 0.840 bits per heavy atom. The van der Waals surface area contributed by atoms with Gasteiger partial charge in [-0.05, 0) is 100 Å². The van der Waals surface area contributed by atoms with Gasteiger partial charge in [0.05, 0.1) is 0 Å². The molecule has 1 aliphatic rings. The minimum absolute atomic E-state index is 1.07. The number of rotatable bonds is 0. The van der Waals surface area contributed by atoms with Crippen LogP contribution < -0.4 is 0 Å². The van der Waals surface area contributed by atoms with Gasteiger partial charge in [-0.3, -0.25) is 0 Å². The Morgan fingerprint density at radius 1 is 0.480 bits per heavy atom. The van der Waals surface area contributed by atoms with Gasteiger partial charge in [-0.15, -0.1) is 0 Å². The highest BCUT2D eigenvalue weighted by atomic mass is 14.3. The normalized spacial score (nSPS) is 12.6. The van der Waals surface area contributed by atoms with E-state index < -0.39 is 0 Å². The SMILES string of the molecule is Cc1c2c(c3ccccc3c1C)-c1c(c(C)c(C)c3ccccc13)C2. The molecule has 4 aromatic rings. The first-order valence-electron chi connectivity index (χ1n) is 9.11. The van der Waals surface area contributed by atoms with Crippen molar-refractivity contribution in [3.05, 3.63) is 81.9 Å². The summed E-state index contributed by atoms with van der Waals surface area (Å²) in [7, 11) is 0. The van der Waals surface area contributed by atoms with Crippen LogP contribution in [-0.4, -0.2) is 0 Å². The molecule has 0 aliphatic heterocycles. The van der Waals surface area contributed by atoms with Crippen LogP contribution in [0.4, 0.5) is 0 Å². The average molecular weight is 322 g/mol. The molecule has 0 heteroatoms. The zero-order valence-electron chi connectivity index (χ0n) is 15.3. The maximum atomic E-state index is 2.31. The predicted octanol–water partition coefficient (Wildman–Crippen LogP) is 6.80. The van der Waals surface area contributed by atoms with Crippen LogP contribution in [0.5, 0.6) is 0 Å². The zero-order chi connectivity index (χ0) is 17.3. The van der Waals surface area contributed by atoms with E-state index in [1.54, 1.807) is 0 Å². The van der Waals surface area contributed by atoms with Crippen LogP contribution in [-0.2, 0) is 6.42 Å². The summed E-state index contributed by atoms with van der Waals surface area (Å²) in [6.45, 7) is 9.15. The summed E-state index contributed by atoms with van der Waals surface area (Å²) in [4.78, 5) is 0. The Hall–Kier alpha value is -2.60. The van der Waals surface area contributed by atoms with Crippen molar-refractivity contribution in [3.63, 3.8) is 0 Å². The van der Waals surface area contributed by atoms with Crippen LogP contribution in [0.25, 0.3) is 32.7 Å². The second-order valence-electron chi connectivity index (χ2n) is 7.48. The first-order chi connectivity index (χ1) is 12.1. The van der Waals surface area contributed by atoms with Crippen LogP contribution in [0.2, 0.25) is 0 Å². The highest BCUT2D eigenvalue weighted by molar-refractivity contribution is 6.12. The first kappa shape index (κ1) is 14.7. The average Bonchev–Trinajstić information content (AvgIpc) is 3.05. The molecule has 25 heavy (non-hydrogen) atoms. The lowest BCUT2D eigenvalue weighted by atomic mass is 9.87. The van der Waals surface area contributed by atoms with Crippen molar-refractivity contribution in [3.8, 4) is 11.1 Å². The molecule has 4 aromatic carbocycles. The molecule has 0 bridgehead atoms. The van der Waals surface area contributed by atoms with Gasteiger partial charge >= 0.3 is 0 Å². The van der Waals surface area contributed by atoms with E-state index in [0.29, 0.717) is 0 Å². The molecule has 0 heterocycles. The molecule has 0 fully saturated rings. The Balaban J connectivity index is 2.06. The maximum absolute atomic E-state index is 2.31. The Kier molecular flexibility index (Phi) is 2.92. The van der Waals surface area contributed by atoms with Gasteiger partial charge in [0, 0.05) is 0 Å². The lowest BCUT2D eigenvalue weighted by Gasteiger charge is -2.16. The molecule has 0 radical (unpaired) electrons. The minimum atomic E-state index is 1.07. The largest absolute Gasteiger partial charge is 0.0616 e. The molecule has 0 nitrogen and oxygen atoms in total. The summed E-state index contributed by atoms with van der Waals surface area (Å²) >= 11 is 0. The van der Waals surface area contributed by atoms with E-state index in [1.165, 1.54) is 66.1 Å². The van der Waals surface area contributed by atoms with E-state index in [9.17, 15) is 0 Å². The van der Waals surface area contributed by atoms with Gasteiger partial charge in [0.1, 0.15) is 0 Å². The highest BCUT2D eigenvalue weighted by Gasteiger charge is 2.28. The second kappa shape index (κ2) is 4.95. The summed E-state index contributed by atoms with van der Waals surface area (Å²) in [6, 6.07) is 17.8. The number of aryl methyl sites for hydroxylation is 2. The summed E-state index contributed by atoms with van der Waals surface area (Å²) in [5.41, 5.74) is 11.8. The van der Waals surface area contributed by atoms with Gasteiger partial charge in [-0.2, -0.15) is 0 Å². The molecule has 0 aromatic heterocycles. The molecule has 0 saturated heterocycles. The first-order valence-corrected chi connectivity index (χ1v) is 9.11. The molecule has 0 saturated carbocycles. The third kappa shape index (κ3) is 1.77. The van der Waals surface area contributed by atoms with Crippen molar-refractivity contribution in [1.29, 1.82) is 0 Å². The molecular weight excluding hydrogens is 300 g/mol. The topological polar surface area (TPSA) is 0 Å². The Morgan fingerprint density at radius 3 is 1.24 bits per heavy atom. The van der Waals surface area contributed by atoms with Crippen molar-refractivity contribution < 1.29 is 0 Å². The Labute approximate surface area is 149 Å². The molecule has 0 amide bonds. The standard InChI is InChI=1S/C25H22/c1-14-16(3)22-13-23-17(4)15(2)19-10-6-8-12-21(19)25(23)24(22)20-11-7-5-9-18(14)20/h5-12H,13H2,1-4H3. The lowest BCUT2D eigenvalue weighted by molar-refractivity contribution is 1.17. The molecule has 0 spiro atoms. The minimum Gasteiger partial charge on any atom is -0.0616 e. The number of benzene rings is 4. The van der Waals surface area contributed by atoms with E-state index in [-0.39, 0.29) is 0 Å². The Bertz CT molecular complexity index is 1100. The van der Waals surface area contributed by atoms with E-state index in [1.807, 2.05) is 0 Å². The number of hydrogen-bond donors (Lipinski definition) is 0. The van der Waals surface area contributed by atoms with Gasteiger partial charge in [0.2, 0.25) is 0 Å². The van der Waals surface area contributed by atoms with Gasteiger partial charge in [0.25, 0.3) is 0 Å². The van der Waals surface area contributed by atoms with E-state index in [0.717, 1.165) is 6.42 Å². The van der Waals surface area contributed by atoms with Crippen molar-refractivity contribution in [2.24, 2.45) is 0 Å². The lowest BCUT2D eigenvalue weighted by Crippen LogP contribution is -1.94. The van der Waals surface area contributed by atoms with Crippen LogP contribution in [0, 0.1) is 27.7 Å². The van der Waals surface area contributed by atoms with Crippen LogP contribution >= 0.6 is 0 Å². The van der Waals surface area contributed by atoms with E-state index in [2.05, 4.69) is 76.2 Å². The molecule has 0 unspecified atom stereocenters. The summed E-state index contributed by atoms with van der Waals surface area (Å²) in [5.74, 6) is 0. The van der Waals surface area contributed by atoms with Crippen LogP contribution in [0.15, 0.2) is 48.5 Å². The van der Waals surface area contributed by atoms with Gasteiger partial charge in [-0.1, -0.05) is 48.5 Å². The van der Waals surface area contributed by atoms with Gasteiger partial charge in [0.15, 0.2) is 0 Å². The third-order valence-electron chi connectivity index (χ3n) is 6.44. The molecule has 0 N–H and O–H groups in total. The van der Waals surface area contributed by atoms with Gasteiger partial charge < -0.3 is 0 Å². The fourth-order valence-electron chi connectivity index (χ4n) is 4.80. The predicted molar refractivity (Wildman–Crippen MR) is 109 cm³/mol. The highest BCUT2D eigenvalue weighted by Crippen LogP contribution is 2.49. The van der Waals surface area contributed by atoms with Crippen molar-refractivity contribution in [1.82, 2.24) is 0 Å². The van der Waals surface area contributed by atoms with Gasteiger partial charge in [-0.25, -0.2) is 0 Å². The molecule has 0 atom stereocenters. The molecule has 122 valence electrons. The van der Waals surface area contributed by atoms with E-state index >= 15 is 0 Å². The third-order valence-corrected chi connectivity index (χ3v) is 6.44. The van der Waals surface area contributed by atoms with Crippen molar-refractivity contribution in [2.45, 2.75) is 34.1 Å². The molecule has 5 rings (SSSR count). The summed E-state index contributed by atoms with van der Waals surface area (Å²) in [6.07, 6.45) is 1.07. The fourth-order valence-corrected chi connectivity index (χ4v) is 4.80. The van der Waals surface area contributed by atoms with Crippen LogP contribution in [0.1, 0.15) is 33.4 Å². The van der Waals surface area contributed by atoms with Crippen LogP contribution in [0.3, 0.4) is 0 Å². The van der Waals surface area contributed by atoms with E-state index in [4.69, 9.17) is 0 Å². The van der Waals surface area contributed by atoms with Crippen molar-refractivity contribution in [2.75, 3.05) is 0 Å².